The molecule has 0 saturated carbocycles. The Morgan fingerprint density at radius 3 is 2.84 bits per heavy atom. The summed E-state index contributed by atoms with van der Waals surface area (Å²) in [6.45, 7) is 1.78. The first-order valence-corrected chi connectivity index (χ1v) is 6.54. The van der Waals surface area contributed by atoms with Gasteiger partial charge in [-0.25, -0.2) is 4.39 Å². The Morgan fingerprint density at radius 2 is 2.05 bits per heavy atom. The first kappa shape index (κ1) is 12.0. The molecule has 0 amide bonds. The summed E-state index contributed by atoms with van der Waals surface area (Å²) in [6, 6.07) is 11.5. The molecule has 3 rings (SSSR count). The van der Waals surface area contributed by atoms with E-state index in [1.54, 1.807) is 13.0 Å². The Bertz CT molecular complexity index is 622. The number of fused-ring (bicyclic) bond motifs is 1. The van der Waals surface area contributed by atoms with Crippen molar-refractivity contribution in [3.8, 4) is 0 Å². The second kappa shape index (κ2) is 4.57. The summed E-state index contributed by atoms with van der Waals surface area (Å²) in [4.78, 5) is 0. The lowest BCUT2D eigenvalue weighted by atomic mass is 10.1. The van der Waals surface area contributed by atoms with E-state index in [2.05, 4.69) is 11.4 Å². The van der Waals surface area contributed by atoms with Gasteiger partial charge >= 0.3 is 0 Å². The third-order valence-electron chi connectivity index (χ3n) is 3.74. The van der Waals surface area contributed by atoms with Crippen LogP contribution in [-0.4, -0.2) is 0 Å². The van der Waals surface area contributed by atoms with Crippen LogP contribution in [-0.2, 0) is 6.42 Å². The molecule has 1 aliphatic carbocycles. The van der Waals surface area contributed by atoms with Gasteiger partial charge in [-0.1, -0.05) is 6.07 Å². The SMILES string of the molecule is Cc1cc(NC2CCc3cc(N)ccc32)ccc1F. The zero-order chi connectivity index (χ0) is 13.4. The molecule has 1 atom stereocenters. The maximum atomic E-state index is 13.3. The first-order valence-electron chi connectivity index (χ1n) is 6.54. The smallest absolute Gasteiger partial charge is 0.126 e. The van der Waals surface area contributed by atoms with Gasteiger partial charge in [0.1, 0.15) is 5.82 Å². The van der Waals surface area contributed by atoms with Gasteiger partial charge in [0.2, 0.25) is 0 Å². The fourth-order valence-corrected chi connectivity index (χ4v) is 2.72. The molecule has 2 nitrogen and oxygen atoms in total. The van der Waals surface area contributed by atoms with E-state index in [1.165, 1.54) is 17.2 Å². The van der Waals surface area contributed by atoms with Crippen molar-refractivity contribution in [2.24, 2.45) is 0 Å². The fourth-order valence-electron chi connectivity index (χ4n) is 2.72. The fraction of sp³-hybridized carbons (Fsp3) is 0.250. The highest BCUT2D eigenvalue weighted by molar-refractivity contribution is 5.53. The lowest BCUT2D eigenvalue weighted by Crippen LogP contribution is -2.07. The van der Waals surface area contributed by atoms with Gasteiger partial charge in [0.15, 0.2) is 0 Å². The van der Waals surface area contributed by atoms with E-state index in [4.69, 9.17) is 5.73 Å². The molecule has 0 aliphatic heterocycles. The highest BCUT2D eigenvalue weighted by atomic mass is 19.1. The second-order valence-electron chi connectivity index (χ2n) is 5.16. The van der Waals surface area contributed by atoms with E-state index in [0.29, 0.717) is 11.6 Å². The normalized spacial score (nSPS) is 17.3. The average molecular weight is 256 g/mol. The molecule has 2 aromatic carbocycles. The number of nitrogens with two attached hydrogens (primary N) is 1. The van der Waals surface area contributed by atoms with Crippen LogP contribution in [0.4, 0.5) is 15.8 Å². The molecule has 0 aromatic heterocycles. The van der Waals surface area contributed by atoms with Crippen LogP contribution in [0.5, 0.6) is 0 Å². The summed E-state index contributed by atoms with van der Waals surface area (Å²) < 4.78 is 13.3. The van der Waals surface area contributed by atoms with Crippen molar-refractivity contribution in [3.05, 3.63) is 58.9 Å². The molecule has 19 heavy (non-hydrogen) atoms. The molecular weight excluding hydrogens is 239 g/mol. The minimum Gasteiger partial charge on any atom is -0.399 e. The maximum Gasteiger partial charge on any atom is 0.126 e. The third kappa shape index (κ3) is 2.28. The van der Waals surface area contributed by atoms with Crippen molar-refractivity contribution in [2.45, 2.75) is 25.8 Å². The minimum atomic E-state index is -0.162. The van der Waals surface area contributed by atoms with Crippen LogP contribution in [0, 0.1) is 12.7 Å². The summed E-state index contributed by atoms with van der Waals surface area (Å²) in [5, 5.41) is 3.48. The summed E-state index contributed by atoms with van der Waals surface area (Å²) >= 11 is 0. The van der Waals surface area contributed by atoms with Crippen LogP contribution in [0.1, 0.15) is 29.2 Å². The number of benzene rings is 2. The average Bonchev–Trinajstić information content (AvgIpc) is 2.76. The molecule has 0 saturated heterocycles. The van der Waals surface area contributed by atoms with Gasteiger partial charge < -0.3 is 11.1 Å². The van der Waals surface area contributed by atoms with E-state index in [9.17, 15) is 4.39 Å². The van der Waals surface area contributed by atoms with Crippen LogP contribution in [0.15, 0.2) is 36.4 Å². The lowest BCUT2D eigenvalue weighted by Gasteiger charge is -2.16. The molecule has 1 unspecified atom stereocenters. The van der Waals surface area contributed by atoms with Gasteiger partial charge in [0, 0.05) is 11.4 Å². The van der Waals surface area contributed by atoms with Crippen LogP contribution in [0.25, 0.3) is 0 Å². The van der Waals surface area contributed by atoms with E-state index in [-0.39, 0.29) is 5.82 Å². The Kier molecular flexibility index (Phi) is 2.90. The number of hydrogen-bond donors (Lipinski definition) is 2. The molecule has 3 N–H and O–H groups in total. The molecule has 98 valence electrons. The van der Waals surface area contributed by atoms with Crippen molar-refractivity contribution in [2.75, 3.05) is 11.1 Å². The lowest BCUT2D eigenvalue weighted by molar-refractivity contribution is 0.618. The van der Waals surface area contributed by atoms with Crippen LogP contribution >= 0.6 is 0 Å². The Labute approximate surface area is 112 Å². The summed E-state index contributed by atoms with van der Waals surface area (Å²) in [5.41, 5.74) is 10.9. The number of hydrogen-bond acceptors (Lipinski definition) is 2. The first-order chi connectivity index (χ1) is 9.13. The molecule has 0 radical (unpaired) electrons. The monoisotopic (exact) mass is 256 g/mol. The number of rotatable bonds is 2. The topological polar surface area (TPSA) is 38.0 Å². The molecular formula is C16H17FN2. The summed E-state index contributed by atoms with van der Waals surface area (Å²) in [7, 11) is 0. The number of halogens is 1. The Balaban J connectivity index is 1.84. The summed E-state index contributed by atoms with van der Waals surface area (Å²) in [6.07, 6.45) is 2.09. The zero-order valence-corrected chi connectivity index (χ0v) is 10.9. The molecule has 0 bridgehead atoms. The van der Waals surface area contributed by atoms with Crippen molar-refractivity contribution >= 4 is 11.4 Å². The number of anilines is 2. The van der Waals surface area contributed by atoms with Crippen molar-refractivity contribution in [1.29, 1.82) is 0 Å². The molecule has 0 spiro atoms. The van der Waals surface area contributed by atoms with Crippen molar-refractivity contribution < 1.29 is 4.39 Å². The molecule has 0 heterocycles. The van der Waals surface area contributed by atoms with Crippen molar-refractivity contribution in [1.82, 2.24) is 0 Å². The molecule has 0 fully saturated rings. The largest absolute Gasteiger partial charge is 0.399 e. The van der Waals surface area contributed by atoms with E-state index >= 15 is 0 Å². The van der Waals surface area contributed by atoms with Crippen LogP contribution in [0.3, 0.4) is 0 Å². The van der Waals surface area contributed by atoms with E-state index in [1.807, 2.05) is 18.2 Å². The van der Waals surface area contributed by atoms with Gasteiger partial charge in [0.05, 0.1) is 6.04 Å². The predicted octanol–water partition coefficient (Wildman–Crippen LogP) is 3.82. The summed E-state index contributed by atoms with van der Waals surface area (Å²) in [5.74, 6) is -0.162. The van der Waals surface area contributed by atoms with Crippen LogP contribution in [0.2, 0.25) is 0 Å². The van der Waals surface area contributed by atoms with Gasteiger partial charge in [0.25, 0.3) is 0 Å². The van der Waals surface area contributed by atoms with E-state index < -0.39 is 0 Å². The van der Waals surface area contributed by atoms with Gasteiger partial charge in [-0.15, -0.1) is 0 Å². The zero-order valence-electron chi connectivity index (χ0n) is 10.9. The Hall–Kier alpha value is -2.03. The highest BCUT2D eigenvalue weighted by Crippen LogP contribution is 2.35. The van der Waals surface area contributed by atoms with Gasteiger partial charge in [-0.2, -0.15) is 0 Å². The predicted molar refractivity (Wildman–Crippen MR) is 76.7 cm³/mol. The quantitative estimate of drug-likeness (QED) is 0.802. The molecule has 1 aliphatic rings. The minimum absolute atomic E-state index is 0.162. The van der Waals surface area contributed by atoms with E-state index in [0.717, 1.165) is 24.2 Å². The molecule has 3 heteroatoms. The standard InChI is InChI=1S/C16H17FN2/c1-10-8-13(4-6-15(10)17)19-16-7-2-11-9-12(18)3-5-14(11)16/h3-6,8-9,16,19H,2,7,18H2,1H3. The number of nitrogens with one attached hydrogen (secondary N) is 1. The maximum absolute atomic E-state index is 13.3. The Morgan fingerprint density at radius 1 is 1.21 bits per heavy atom. The number of aryl methyl sites for hydroxylation is 2. The van der Waals surface area contributed by atoms with Crippen LogP contribution < -0.4 is 11.1 Å². The van der Waals surface area contributed by atoms with Gasteiger partial charge in [-0.05, 0) is 66.8 Å². The second-order valence-corrected chi connectivity index (χ2v) is 5.16. The van der Waals surface area contributed by atoms with Crippen molar-refractivity contribution in [3.63, 3.8) is 0 Å². The van der Waals surface area contributed by atoms with Gasteiger partial charge in [-0.3, -0.25) is 0 Å². The molecule has 2 aromatic rings. The number of nitrogen functional groups attached to an aromatic ring is 1. The third-order valence-corrected chi connectivity index (χ3v) is 3.74. The highest BCUT2D eigenvalue weighted by Gasteiger charge is 2.22.